The van der Waals surface area contributed by atoms with E-state index < -0.39 is 20.8 Å². The van der Waals surface area contributed by atoms with E-state index in [0.29, 0.717) is 5.56 Å². The summed E-state index contributed by atoms with van der Waals surface area (Å²) in [6.45, 7) is -0.213. The fourth-order valence-corrected chi connectivity index (χ4v) is 2.72. The number of pyridine rings is 1. The van der Waals surface area contributed by atoms with Crippen molar-refractivity contribution < 1.29 is 17.7 Å². The molecular formula is C11H14N2O4S2. The van der Waals surface area contributed by atoms with E-state index >= 15 is 0 Å². The Kier molecular flexibility index (Phi) is 6.11. The van der Waals surface area contributed by atoms with Crippen LogP contribution in [0.5, 0.6) is 0 Å². The molecule has 1 aromatic heterocycles. The lowest BCUT2D eigenvalue weighted by molar-refractivity contribution is 0.350. The lowest BCUT2D eigenvalue weighted by Crippen LogP contribution is -2.27. The summed E-state index contributed by atoms with van der Waals surface area (Å²) in [7, 11) is -4.74. The molecule has 0 radical (unpaired) electrons. The van der Waals surface area contributed by atoms with Gasteiger partial charge in [-0.1, -0.05) is 11.8 Å². The average Bonchev–Trinajstić information content (AvgIpc) is 2.36. The average molecular weight is 302 g/mol. The van der Waals surface area contributed by atoms with Crippen molar-refractivity contribution in [2.75, 3.05) is 25.2 Å². The minimum Gasteiger partial charge on any atom is -0.384 e. The number of nitrogens with one attached hydrogen (secondary N) is 1. The molecule has 6 nitrogen and oxygen atoms in total. The third-order valence-corrected chi connectivity index (χ3v) is 4.22. The van der Waals surface area contributed by atoms with Gasteiger partial charge in [0.25, 0.3) is 0 Å². The van der Waals surface area contributed by atoms with Crippen LogP contribution in [0.2, 0.25) is 0 Å². The van der Waals surface area contributed by atoms with Crippen LogP contribution in [0.25, 0.3) is 0 Å². The molecule has 0 amide bonds. The van der Waals surface area contributed by atoms with Gasteiger partial charge in [-0.15, -0.1) is 0 Å². The Hall–Kier alpha value is -1.27. The topological polar surface area (TPSA) is 96.4 Å². The van der Waals surface area contributed by atoms with E-state index in [4.69, 9.17) is 5.11 Å². The molecule has 19 heavy (non-hydrogen) atoms. The summed E-state index contributed by atoms with van der Waals surface area (Å²) in [5, 5.41) is 8.57. The summed E-state index contributed by atoms with van der Waals surface area (Å²) >= 11 is 0. The highest BCUT2D eigenvalue weighted by Gasteiger charge is 2.14. The first-order valence-electron chi connectivity index (χ1n) is 5.30. The first-order valence-corrected chi connectivity index (χ1v) is 8.51. The number of aliphatic hydroxyl groups excluding tert-OH is 1. The maximum atomic E-state index is 11.9. The number of aromatic nitrogens is 1. The van der Waals surface area contributed by atoms with E-state index in [-0.39, 0.29) is 23.8 Å². The molecule has 8 heteroatoms. The molecule has 0 bridgehead atoms. The van der Waals surface area contributed by atoms with Crippen molar-refractivity contribution >= 4 is 20.8 Å². The van der Waals surface area contributed by atoms with Gasteiger partial charge in [-0.05, 0) is 6.07 Å². The summed E-state index contributed by atoms with van der Waals surface area (Å²) in [5.74, 6) is 5.24. The van der Waals surface area contributed by atoms with Gasteiger partial charge < -0.3 is 5.11 Å². The Labute approximate surface area is 114 Å². The van der Waals surface area contributed by atoms with Gasteiger partial charge in [-0.3, -0.25) is 9.19 Å². The largest absolute Gasteiger partial charge is 0.384 e. The van der Waals surface area contributed by atoms with Crippen LogP contribution in [-0.2, 0) is 20.8 Å². The van der Waals surface area contributed by atoms with Crippen molar-refractivity contribution in [2.24, 2.45) is 0 Å². The molecule has 0 aliphatic rings. The van der Waals surface area contributed by atoms with Gasteiger partial charge in [0.1, 0.15) is 11.5 Å². The third-order valence-electron chi connectivity index (χ3n) is 2.02. The summed E-state index contributed by atoms with van der Waals surface area (Å²) in [4.78, 5) is 3.77. The first-order chi connectivity index (χ1) is 8.95. The number of nitrogens with zero attached hydrogens (tertiary/aromatic N) is 1. The van der Waals surface area contributed by atoms with Crippen LogP contribution in [0, 0.1) is 11.8 Å². The second-order valence-corrected chi connectivity index (χ2v) is 6.87. The minimum absolute atomic E-state index is 0.0147. The molecule has 0 saturated carbocycles. The minimum atomic E-state index is -3.68. The van der Waals surface area contributed by atoms with Crippen molar-refractivity contribution in [2.45, 2.75) is 4.90 Å². The maximum Gasteiger partial charge on any atom is 0.242 e. The highest BCUT2D eigenvalue weighted by Crippen LogP contribution is 2.08. The molecule has 0 aliphatic heterocycles. The fraction of sp³-hybridized carbons (Fsp3) is 0.364. The van der Waals surface area contributed by atoms with Gasteiger partial charge in [-0.2, -0.15) is 0 Å². The summed E-state index contributed by atoms with van der Waals surface area (Å²) < 4.78 is 37.0. The number of aliphatic hydroxyl groups is 1. The van der Waals surface area contributed by atoms with Gasteiger partial charge in [0.2, 0.25) is 10.0 Å². The number of rotatable bonds is 5. The SMILES string of the molecule is CS(=O)CCNS(=O)(=O)c1cncc(C#CCO)c1. The fourth-order valence-electron chi connectivity index (χ4n) is 1.18. The number of hydrogen-bond acceptors (Lipinski definition) is 5. The van der Waals surface area contributed by atoms with Crippen molar-refractivity contribution in [3.8, 4) is 11.8 Å². The standard InChI is InChI=1S/C11H14N2O4S2/c1-18(15)6-4-13-19(16,17)11-7-10(3-2-5-14)8-12-9-11/h7-9,13-14H,4-6H2,1H3. The highest BCUT2D eigenvalue weighted by atomic mass is 32.2. The number of hydrogen-bond donors (Lipinski definition) is 2. The quantitative estimate of drug-likeness (QED) is 0.686. The molecule has 0 fully saturated rings. The Bertz CT molecular complexity index is 617. The van der Waals surface area contributed by atoms with Crippen LogP contribution in [0.3, 0.4) is 0 Å². The Balaban J connectivity index is 2.86. The van der Waals surface area contributed by atoms with Crippen molar-refractivity contribution in [1.82, 2.24) is 9.71 Å². The molecule has 1 unspecified atom stereocenters. The van der Waals surface area contributed by atoms with E-state index in [1.807, 2.05) is 0 Å². The van der Waals surface area contributed by atoms with E-state index in [1.165, 1.54) is 24.7 Å². The zero-order valence-corrected chi connectivity index (χ0v) is 11.9. The normalized spacial score (nSPS) is 12.5. The Morgan fingerprint density at radius 2 is 2.21 bits per heavy atom. The summed E-state index contributed by atoms with van der Waals surface area (Å²) in [5.41, 5.74) is 0.399. The first kappa shape index (κ1) is 15.8. The molecule has 104 valence electrons. The van der Waals surface area contributed by atoms with Crippen LogP contribution in [0.1, 0.15) is 5.56 Å². The highest BCUT2D eigenvalue weighted by molar-refractivity contribution is 7.89. The monoisotopic (exact) mass is 302 g/mol. The molecular weight excluding hydrogens is 288 g/mol. The lowest BCUT2D eigenvalue weighted by Gasteiger charge is -2.05. The van der Waals surface area contributed by atoms with Crippen molar-refractivity contribution in [3.63, 3.8) is 0 Å². The van der Waals surface area contributed by atoms with Gasteiger partial charge in [0.05, 0.1) is 0 Å². The molecule has 0 aliphatic carbocycles. The Morgan fingerprint density at radius 3 is 2.84 bits per heavy atom. The summed E-state index contributed by atoms with van der Waals surface area (Å²) in [6, 6.07) is 1.36. The zero-order chi connectivity index (χ0) is 14.3. The molecule has 0 spiro atoms. The van der Waals surface area contributed by atoms with E-state index in [2.05, 4.69) is 21.5 Å². The van der Waals surface area contributed by atoms with Crippen molar-refractivity contribution in [1.29, 1.82) is 0 Å². The predicted octanol–water partition coefficient (Wildman–Crippen LogP) is -0.918. The third kappa shape index (κ3) is 5.48. The molecule has 1 aromatic rings. The predicted molar refractivity (Wildman–Crippen MR) is 72.3 cm³/mol. The van der Waals surface area contributed by atoms with Crippen molar-refractivity contribution in [3.05, 3.63) is 24.0 Å². The summed E-state index contributed by atoms with van der Waals surface area (Å²) in [6.07, 6.45) is 4.11. The van der Waals surface area contributed by atoms with Crippen LogP contribution >= 0.6 is 0 Å². The van der Waals surface area contributed by atoms with Gasteiger partial charge >= 0.3 is 0 Å². The second kappa shape index (κ2) is 7.35. The molecule has 0 aromatic carbocycles. The van der Waals surface area contributed by atoms with Gasteiger partial charge in [-0.25, -0.2) is 13.1 Å². The molecule has 2 N–H and O–H groups in total. The smallest absolute Gasteiger partial charge is 0.242 e. The molecule has 0 saturated heterocycles. The maximum absolute atomic E-state index is 11.9. The van der Waals surface area contributed by atoms with Crippen LogP contribution in [0.4, 0.5) is 0 Å². The number of sulfonamides is 1. The molecule has 1 heterocycles. The van der Waals surface area contributed by atoms with Gasteiger partial charge in [0.15, 0.2) is 0 Å². The van der Waals surface area contributed by atoms with Gasteiger partial charge in [0, 0.05) is 47.3 Å². The van der Waals surface area contributed by atoms with Crippen LogP contribution in [0.15, 0.2) is 23.4 Å². The van der Waals surface area contributed by atoms with Crippen LogP contribution in [-0.4, -0.2) is 47.9 Å². The van der Waals surface area contributed by atoms with E-state index in [1.54, 1.807) is 0 Å². The lowest BCUT2D eigenvalue weighted by atomic mass is 10.3. The van der Waals surface area contributed by atoms with E-state index in [9.17, 15) is 12.6 Å². The van der Waals surface area contributed by atoms with E-state index in [0.717, 1.165) is 0 Å². The second-order valence-electron chi connectivity index (χ2n) is 3.54. The zero-order valence-electron chi connectivity index (χ0n) is 10.3. The molecule has 1 rings (SSSR count). The molecule has 1 atom stereocenters. The van der Waals surface area contributed by atoms with Crippen LogP contribution < -0.4 is 4.72 Å². The Morgan fingerprint density at radius 1 is 1.47 bits per heavy atom.